The highest BCUT2D eigenvalue weighted by Gasteiger charge is 2.23. The summed E-state index contributed by atoms with van der Waals surface area (Å²) in [5.74, 6) is 0.304. The van der Waals surface area contributed by atoms with E-state index in [2.05, 4.69) is 0 Å². The number of hydrogen-bond donors (Lipinski definition) is 0. The van der Waals surface area contributed by atoms with Gasteiger partial charge in [-0.05, 0) is 55.7 Å². The van der Waals surface area contributed by atoms with Crippen LogP contribution in [0.4, 0.5) is 4.79 Å². The third kappa shape index (κ3) is 6.07. The van der Waals surface area contributed by atoms with E-state index in [1.54, 1.807) is 36.1 Å². The molecule has 7 heteroatoms. The molecule has 3 rings (SSSR count). The summed E-state index contributed by atoms with van der Waals surface area (Å²) in [6.45, 7) is 6.17. The van der Waals surface area contributed by atoms with Gasteiger partial charge in [0.05, 0.1) is 13.0 Å². The third-order valence-corrected chi connectivity index (χ3v) is 5.30. The second kappa shape index (κ2) is 10.6. The Kier molecular flexibility index (Phi) is 7.65. The third-order valence-electron chi connectivity index (χ3n) is 5.30. The normalized spacial score (nSPS) is 14.0. The van der Waals surface area contributed by atoms with Crippen LogP contribution in [0.5, 0.6) is 5.75 Å². The minimum atomic E-state index is -0.774. The van der Waals surface area contributed by atoms with Gasteiger partial charge in [0.2, 0.25) is 5.91 Å². The molecule has 0 unspecified atom stereocenters. The van der Waals surface area contributed by atoms with E-state index in [0.717, 1.165) is 17.5 Å². The molecule has 2 aromatic rings. The molecule has 1 aliphatic heterocycles. The van der Waals surface area contributed by atoms with E-state index in [1.165, 1.54) is 0 Å². The summed E-state index contributed by atoms with van der Waals surface area (Å²) in [5, 5.41) is 0. The lowest BCUT2D eigenvalue weighted by molar-refractivity contribution is -0.130. The number of carbonyl (C=O) groups is 3. The first-order valence-electron chi connectivity index (χ1n) is 10.5. The van der Waals surface area contributed by atoms with Gasteiger partial charge in [0, 0.05) is 31.7 Å². The monoisotopic (exact) mass is 424 g/mol. The Hall–Kier alpha value is -3.35. The molecule has 164 valence electrons. The first kappa shape index (κ1) is 22.3. The predicted molar refractivity (Wildman–Crippen MR) is 116 cm³/mol. The molecule has 1 saturated heterocycles. The maximum absolute atomic E-state index is 12.9. The van der Waals surface area contributed by atoms with E-state index in [-0.39, 0.29) is 18.4 Å². The second-order valence-corrected chi connectivity index (χ2v) is 7.44. The summed E-state index contributed by atoms with van der Waals surface area (Å²) in [6.07, 6.45) is 0.335. The number of carbonyl (C=O) groups excluding carboxylic acids is 3. The minimum absolute atomic E-state index is 0.0871. The Bertz CT molecular complexity index is 926. The van der Waals surface area contributed by atoms with Crippen LogP contribution in [0.2, 0.25) is 0 Å². The molecule has 0 radical (unpaired) electrons. The summed E-state index contributed by atoms with van der Waals surface area (Å²) < 4.78 is 9.76. The first-order chi connectivity index (χ1) is 15.0. The van der Waals surface area contributed by atoms with E-state index in [4.69, 9.17) is 9.47 Å². The van der Waals surface area contributed by atoms with Crippen molar-refractivity contribution >= 4 is 18.0 Å². The maximum Gasteiger partial charge on any atom is 0.513 e. The van der Waals surface area contributed by atoms with Crippen molar-refractivity contribution in [3.63, 3.8) is 0 Å². The molecule has 1 aliphatic rings. The summed E-state index contributed by atoms with van der Waals surface area (Å²) >= 11 is 0. The molecule has 2 aromatic carbocycles. The number of hydrogen-bond acceptors (Lipinski definition) is 5. The van der Waals surface area contributed by atoms with Crippen molar-refractivity contribution in [2.75, 3.05) is 32.8 Å². The Morgan fingerprint density at radius 3 is 2.29 bits per heavy atom. The topological polar surface area (TPSA) is 76.2 Å². The van der Waals surface area contributed by atoms with Gasteiger partial charge in [-0.3, -0.25) is 9.59 Å². The smallest absolute Gasteiger partial charge is 0.434 e. The van der Waals surface area contributed by atoms with Crippen LogP contribution in [0, 0.1) is 6.92 Å². The van der Waals surface area contributed by atoms with Crippen LogP contribution in [0.1, 0.15) is 34.8 Å². The van der Waals surface area contributed by atoms with Gasteiger partial charge in [0.25, 0.3) is 5.91 Å². The molecule has 0 atom stereocenters. The van der Waals surface area contributed by atoms with E-state index in [9.17, 15) is 14.4 Å². The van der Waals surface area contributed by atoms with Crippen molar-refractivity contribution in [2.45, 2.75) is 26.7 Å². The van der Waals surface area contributed by atoms with Gasteiger partial charge in [-0.2, -0.15) is 0 Å². The number of ether oxygens (including phenoxy) is 2. The highest BCUT2D eigenvalue weighted by atomic mass is 16.7. The van der Waals surface area contributed by atoms with Crippen molar-refractivity contribution in [3.8, 4) is 5.75 Å². The standard InChI is InChI=1S/C24H28N2O5/c1-3-30-24(29)31-21-11-9-19(10-12-21)23(28)26-14-6-13-25(15-16-26)22(27)17-20-8-5-4-7-18(20)2/h4-5,7-12H,3,6,13-17H2,1-2H3. The van der Waals surface area contributed by atoms with Gasteiger partial charge in [0.15, 0.2) is 0 Å². The molecule has 0 N–H and O–H groups in total. The number of benzene rings is 2. The van der Waals surface area contributed by atoms with Crippen molar-refractivity contribution in [2.24, 2.45) is 0 Å². The van der Waals surface area contributed by atoms with Crippen molar-refractivity contribution in [1.29, 1.82) is 0 Å². The number of nitrogens with zero attached hydrogens (tertiary/aromatic N) is 2. The number of aryl methyl sites for hydroxylation is 1. The maximum atomic E-state index is 12.9. The Labute approximate surface area is 182 Å². The average molecular weight is 424 g/mol. The first-order valence-corrected chi connectivity index (χ1v) is 10.5. The van der Waals surface area contributed by atoms with E-state index in [1.807, 2.05) is 36.1 Å². The molecule has 0 spiro atoms. The summed E-state index contributed by atoms with van der Waals surface area (Å²) in [5.41, 5.74) is 2.66. The van der Waals surface area contributed by atoms with Crippen LogP contribution in [-0.4, -0.2) is 60.6 Å². The second-order valence-electron chi connectivity index (χ2n) is 7.44. The minimum Gasteiger partial charge on any atom is -0.434 e. The lowest BCUT2D eigenvalue weighted by Crippen LogP contribution is -2.38. The van der Waals surface area contributed by atoms with E-state index in [0.29, 0.717) is 43.9 Å². The zero-order valence-electron chi connectivity index (χ0n) is 18.0. The van der Waals surface area contributed by atoms with E-state index >= 15 is 0 Å². The molecule has 0 aliphatic carbocycles. The van der Waals surface area contributed by atoms with Crippen molar-refractivity contribution < 1.29 is 23.9 Å². The fourth-order valence-electron chi connectivity index (χ4n) is 3.54. The van der Waals surface area contributed by atoms with Gasteiger partial charge < -0.3 is 19.3 Å². The van der Waals surface area contributed by atoms with Crippen molar-refractivity contribution in [1.82, 2.24) is 9.80 Å². The van der Waals surface area contributed by atoms with E-state index < -0.39 is 6.16 Å². The molecule has 31 heavy (non-hydrogen) atoms. The van der Waals surface area contributed by atoms with Gasteiger partial charge >= 0.3 is 6.16 Å². The van der Waals surface area contributed by atoms with Gasteiger partial charge in [-0.15, -0.1) is 0 Å². The number of rotatable bonds is 5. The molecule has 1 fully saturated rings. The lowest BCUT2D eigenvalue weighted by atomic mass is 10.1. The Morgan fingerprint density at radius 1 is 0.903 bits per heavy atom. The molecule has 0 saturated carbocycles. The van der Waals surface area contributed by atoms with Crippen LogP contribution in [0.25, 0.3) is 0 Å². The van der Waals surface area contributed by atoms with Gasteiger partial charge in [0.1, 0.15) is 5.75 Å². The molecule has 0 aromatic heterocycles. The van der Waals surface area contributed by atoms with Crippen LogP contribution >= 0.6 is 0 Å². The fraction of sp³-hybridized carbons (Fsp3) is 0.375. The van der Waals surface area contributed by atoms with Crippen LogP contribution in [-0.2, 0) is 16.0 Å². The molecular weight excluding hydrogens is 396 g/mol. The Morgan fingerprint density at radius 2 is 1.58 bits per heavy atom. The molecule has 7 nitrogen and oxygen atoms in total. The molecule has 0 bridgehead atoms. The molecular formula is C24H28N2O5. The average Bonchev–Trinajstić information content (AvgIpc) is 3.02. The largest absolute Gasteiger partial charge is 0.513 e. The highest BCUT2D eigenvalue weighted by molar-refractivity contribution is 5.94. The fourth-order valence-corrected chi connectivity index (χ4v) is 3.54. The SMILES string of the molecule is CCOC(=O)Oc1ccc(C(=O)N2CCCN(C(=O)Cc3ccccc3C)CC2)cc1. The lowest BCUT2D eigenvalue weighted by Gasteiger charge is -2.22. The van der Waals surface area contributed by atoms with Crippen LogP contribution in [0.15, 0.2) is 48.5 Å². The zero-order valence-corrected chi connectivity index (χ0v) is 18.0. The zero-order chi connectivity index (χ0) is 22.2. The summed E-state index contributed by atoms with van der Waals surface area (Å²) in [7, 11) is 0. The molecule has 1 heterocycles. The predicted octanol–water partition coefficient (Wildman–Crippen LogP) is 3.45. The number of amides is 2. The summed E-state index contributed by atoms with van der Waals surface area (Å²) in [4.78, 5) is 40.6. The molecule has 2 amide bonds. The Balaban J connectivity index is 1.56. The van der Waals surface area contributed by atoms with Crippen molar-refractivity contribution in [3.05, 3.63) is 65.2 Å². The summed E-state index contributed by atoms with van der Waals surface area (Å²) in [6, 6.07) is 14.3. The highest BCUT2D eigenvalue weighted by Crippen LogP contribution is 2.16. The van der Waals surface area contributed by atoms with Gasteiger partial charge in [-0.25, -0.2) is 4.79 Å². The van der Waals surface area contributed by atoms with Crippen LogP contribution < -0.4 is 4.74 Å². The van der Waals surface area contributed by atoms with Crippen LogP contribution in [0.3, 0.4) is 0 Å². The quantitative estimate of drug-likeness (QED) is 0.543. The van der Waals surface area contributed by atoms with Gasteiger partial charge in [-0.1, -0.05) is 24.3 Å².